The minimum Gasteiger partial charge on any atom is -0.397 e. The maximum absolute atomic E-state index is 7.57. The molecule has 0 heterocycles. The summed E-state index contributed by atoms with van der Waals surface area (Å²) in [6, 6.07) is 0.796. The molecule has 0 aromatic carbocycles. The van der Waals surface area contributed by atoms with Crippen LogP contribution in [0.25, 0.3) is 0 Å². The van der Waals surface area contributed by atoms with Crippen molar-refractivity contribution in [3.05, 3.63) is 0 Å². The van der Waals surface area contributed by atoms with Gasteiger partial charge < -0.3 is 24.1 Å². The lowest BCUT2D eigenvalue weighted by Crippen LogP contribution is -2.44. The third-order valence-electron chi connectivity index (χ3n) is 1.67. The Hall–Kier alpha value is 0.0169. The summed E-state index contributed by atoms with van der Waals surface area (Å²) in [7, 11) is 0.909. The van der Waals surface area contributed by atoms with Crippen molar-refractivity contribution >= 4 is 8.80 Å². The Bertz CT molecular complexity index is 123. The molecule has 0 atom stereocenters. The SMILES string of the molecule is CCO.CCO[Si](CCCN)(OC)OC. The van der Waals surface area contributed by atoms with Crippen molar-refractivity contribution in [3.63, 3.8) is 0 Å². The normalized spacial score (nSPS) is 10.8. The molecule has 0 rings (SSSR count). The van der Waals surface area contributed by atoms with Crippen LogP contribution in [0.2, 0.25) is 6.04 Å². The largest absolute Gasteiger partial charge is 0.500 e. The standard InChI is InChI=1S/C7H19NO3Si.C2H6O/c1-4-11-12(9-2,10-3)7-5-6-8;1-2-3/h4-8H2,1-3H3;3H,2H2,1H3. The predicted molar refractivity (Wildman–Crippen MR) is 62.6 cm³/mol. The Labute approximate surface area is 93.9 Å². The van der Waals surface area contributed by atoms with Crippen LogP contribution in [-0.2, 0) is 13.3 Å². The molecule has 0 fully saturated rings. The quantitative estimate of drug-likeness (QED) is 0.637. The summed E-state index contributed by atoms with van der Waals surface area (Å²) in [4.78, 5) is 0. The molecule has 0 unspecified atom stereocenters. The zero-order valence-corrected chi connectivity index (χ0v) is 11.3. The molecule has 0 aromatic heterocycles. The Kier molecular flexibility index (Phi) is 14.0. The molecule has 6 heteroatoms. The fourth-order valence-electron chi connectivity index (χ4n) is 1.02. The molecule has 0 aliphatic rings. The highest BCUT2D eigenvalue weighted by Gasteiger charge is 2.37. The number of aliphatic hydroxyl groups excluding tert-OH is 1. The molecular formula is C9H25NO4Si. The van der Waals surface area contributed by atoms with Crippen molar-refractivity contribution in [1.29, 1.82) is 0 Å². The monoisotopic (exact) mass is 239 g/mol. The second-order valence-electron chi connectivity index (χ2n) is 2.73. The van der Waals surface area contributed by atoms with Crippen molar-refractivity contribution in [2.24, 2.45) is 5.73 Å². The van der Waals surface area contributed by atoms with Gasteiger partial charge in [-0.1, -0.05) is 0 Å². The molecule has 15 heavy (non-hydrogen) atoms. The van der Waals surface area contributed by atoms with Crippen LogP contribution in [0.4, 0.5) is 0 Å². The zero-order valence-electron chi connectivity index (χ0n) is 10.3. The van der Waals surface area contributed by atoms with Crippen molar-refractivity contribution in [2.45, 2.75) is 26.3 Å². The zero-order chi connectivity index (χ0) is 12.2. The molecule has 5 nitrogen and oxygen atoms in total. The van der Waals surface area contributed by atoms with Gasteiger partial charge in [0.25, 0.3) is 0 Å². The van der Waals surface area contributed by atoms with Gasteiger partial charge in [0.15, 0.2) is 0 Å². The molecule has 0 spiro atoms. The Morgan fingerprint density at radius 1 is 1.20 bits per heavy atom. The fourth-order valence-corrected chi connectivity index (χ4v) is 3.05. The third-order valence-corrected chi connectivity index (χ3v) is 4.61. The van der Waals surface area contributed by atoms with Crippen LogP contribution in [0.1, 0.15) is 20.3 Å². The molecule has 3 N–H and O–H groups in total. The number of hydrogen-bond acceptors (Lipinski definition) is 5. The van der Waals surface area contributed by atoms with Gasteiger partial charge in [0.1, 0.15) is 0 Å². The first-order valence-electron chi connectivity index (χ1n) is 5.21. The Morgan fingerprint density at radius 3 is 1.93 bits per heavy atom. The van der Waals surface area contributed by atoms with E-state index in [-0.39, 0.29) is 6.61 Å². The number of nitrogens with two attached hydrogens (primary N) is 1. The van der Waals surface area contributed by atoms with Crippen molar-refractivity contribution in [2.75, 3.05) is 34.0 Å². The van der Waals surface area contributed by atoms with E-state index in [0.29, 0.717) is 13.2 Å². The van der Waals surface area contributed by atoms with Gasteiger partial charge in [0.2, 0.25) is 0 Å². The highest BCUT2D eigenvalue weighted by Crippen LogP contribution is 2.14. The topological polar surface area (TPSA) is 73.9 Å². The summed E-state index contributed by atoms with van der Waals surface area (Å²) in [5.41, 5.74) is 5.40. The van der Waals surface area contributed by atoms with Gasteiger partial charge in [0.05, 0.1) is 0 Å². The van der Waals surface area contributed by atoms with E-state index in [1.54, 1.807) is 21.1 Å². The first kappa shape index (κ1) is 17.4. The van der Waals surface area contributed by atoms with Gasteiger partial charge in [-0.25, -0.2) is 0 Å². The van der Waals surface area contributed by atoms with E-state index in [1.807, 2.05) is 6.92 Å². The molecule has 0 bridgehead atoms. The number of aliphatic hydroxyl groups is 1. The molecule has 0 aromatic rings. The molecule has 0 amide bonds. The summed E-state index contributed by atoms with van der Waals surface area (Å²) in [5.74, 6) is 0. The van der Waals surface area contributed by atoms with E-state index in [0.717, 1.165) is 12.5 Å². The minimum atomic E-state index is -2.34. The summed E-state index contributed by atoms with van der Waals surface area (Å²) < 4.78 is 16.0. The molecule has 0 aliphatic heterocycles. The fraction of sp³-hybridized carbons (Fsp3) is 1.00. The van der Waals surface area contributed by atoms with E-state index in [9.17, 15) is 0 Å². The van der Waals surface area contributed by atoms with Crippen LogP contribution in [0.3, 0.4) is 0 Å². The second kappa shape index (κ2) is 12.1. The van der Waals surface area contributed by atoms with E-state index < -0.39 is 8.80 Å². The summed E-state index contributed by atoms with van der Waals surface area (Å²) in [6.07, 6.45) is 0.883. The van der Waals surface area contributed by atoms with Gasteiger partial charge in [0, 0.05) is 33.5 Å². The number of hydrogen-bond donors (Lipinski definition) is 2. The van der Waals surface area contributed by atoms with E-state index in [2.05, 4.69) is 0 Å². The van der Waals surface area contributed by atoms with Crippen LogP contribution < -0.4 is 5.73 Å². The molecule has 0 saturated carbocycles. The van der Waals surface area contributed by atoms with Crippen LogP contribution in [0, 0.1) is 0 Å². The maximum atomic E-state index is 7.57. The van der Waals surface area contributed by atoms with Gasteiger partial charge in [-0.15, -0.1) is 0 Å². The van der Waals surface area contributed by atoms with E-state index in [4.69, 9.17) is 24.1 Å². The lowest BCUT2D eigenvalue weighted by atomic mass is 10.5. The van der Waals surface area contributed by atoms with Crippen molar-refractivity contribution < 1.29 is 18.4 Å². The highest BCUT2D eigenvalue weighted by atomic mass is 28.4. The smallest absolute Gasteiger partial charge is 0.397 e. The van der Waals surface area contributed by atoms with Crippen molar-refractivity contribution in [1.82, 2.24) is 0 Å². The summed E-state index contributed by atoms with van der Waals surface area (Å²) >= 11 is 0. The first-order chi connectivity index (χ1) is 7.16. The van der Waals surface area contributed by atoms with Crippen LogP contribution in [-0.4, -0.2) is 47.9 Å². The Morgan fingerprint density at radius 2 is 1.67 bits per heavy atom. The minimum absolute atomic E-state index is 0.250. The average Bonchev–Trinajstić information content (AvgIpc) is 2.26. The first-order valence-corrected chi connectivity index (χ1v) is 7.14. The average molecular weight is 239 g/mol. The van der Waals surface area contributed by atoms with Crippen LogP contribution in [0.15, 0.2) is 0 Å². The van der Waals surface area contributed by atoms with Gasteiger partial charge >= 0.3 is 8.80 Å². The maximum Gasteiger partial charge on any atom is 0.500 e. The molecule has 0 radical (unpaired) electrons. The van der Waals surface area contributed by atoms with Crippen LogP contribution in [0.5, 0.6) is 0 Å². The molecule has 94 valence electrons. The lowest BCUT2D eigenvalue weighted by molar-refractivity contribution is 0.103. The molecular weight excluding hydrogens is 214 g/mol. The Balaban J connectivity index is 0. The third kappa shape index (κ3) is 8.98. The molecule has 0 aliphatic carbocycles. The summed E-state index contributed by atoms with van der Waals surface area (Å²) in [5, 5.41) is 7.57. The summed E-state index contributed by atoms with van der Waals surface area (Å²) in [6.45, 7) is 5.13. The van der Waals surface area contributed by atoms with Crippen LogP contribution >= 0.6 is 0 Å². The van der Waals surface area contributed by atoms with Gasteiger partial charge in [-0.2, -0.15) is 0 Å². The van der Waals surface area contributed by atoms with E-state index >= 15 is 0 Å². The lowest BCUT2D eigenvalue weighted by Gasteiger charge is -2.25. The van der Waals surface area contributed by atoms with E-state index in [1.165, 1.54) is 0 Å². The highest BCUT2D eigenvalue weighted by molar-refractivity contribution is 6.60. The second-order valence-corrected chi connectivity index (χ2v) is 5.70. The molecule has 0 saturated heterocycles. The van der Waals surface area contributed by atoms with Crippen molar-refractivity contribution in [3.8, 4) is 0 Å². The number of rotatable bonds is 7. The van der Waals surface area contributed by atoms with Gasteiger partial charge in [-0.05, 0) is 26.8 Å². The predicted octanol–water partition coefficient (Wildman–Crippen LogP) is 0.602. The van der Waals surface area contributed by atoms with Gasteiger partial charge in [-0.3, -0.25) is 0 Å².